The molecule has 0 saturated carbocycles. The lowest BCUT2D eigenvalue weighted by molar-refractivity contribution is 0.100. The SMILES string of the molecule is C=NC(=O)c1cccc(-c2ccc(NCC(C)(C)c3ccc(Cl)cc3)nn2)c1. The summed E-state index contributed by atoms with van der Waals surface area (Å²) < 4.78 is 0. The van der Waals surface area contributed by atoms with E-state index in [1.165, 1.54) is 5.56 Å². The average molecular weight is 393 g/mol. The van der Waals surface area contributed by atoms with Gasteiger partial charge in [-0.3, -0.25) is 4.79 Å². The quantitative estimate of drug-likeness (QED) is 0.597. The number of halogens is 1. The molecule has 0 atom stereocenters. The number of hydrogen-bond acceptors (Lipinski definition) is 4. The average Bonchev–Trinajstić information content (AvgIpc) is 2.72. The molecule has 0 radical (unpaired) electrons. The topological polar surface area (TPSA) is 67.2 Å². The van der Waals surface area contributed by atoms with E-state index in [9.17, 15) is 4.79 Å². The summed E-state index contributed by atoms with van der Waals surface area (Å²) >= 11 is 5.97. The standard InChI is InChI=1S/C22H21ClN4O/c1-22(2,17-7-9-18(23)10-8-17)14-25-20-12-11-19(26-27-20)15-5-4-6-16(13-15)21(28)24-3/h4-13H,3,14H2,1-2H3,(H,25,27). The van der Waals surface area contributed by atoms with Crippen LogP contribution in [0.15, 0.2) is 65.7 Å². The third-order valence-corrected chi connectivity index (χ3v) is 4.80. The number of anilines is 1. The molecule has 0 fully saturated rings. The van der Waals surface area contributed by atoms with Crippen molar-refractivity contribution in [3.63, 3.8) is 0 Å². The van der Waals surface area contributed by atoms with Gasteiger partial charge in [-0.05, 0) is 48.7 Å². The smallest absolute Gasteiger partial charge is 0.276 e. The number of carbonyl (C=O) groups is 1. The molecule has 142 valence electrons. The van der Waals surface area contributed by atoms with E-state index in [1.807, 2.05) is 42.5 Å². The molecule has 28 heavy (non-hydrogen) atoms. The molecule has 1 heterocycles. The molecule has 1 amide bonds. The zero-order valence-corrected chi connectivity index (χ0v) is 16.6. The van der Waals surface area contributed by atoms with Crippen molar-refractivity contribution in [2.24, 2.45) is 4.99 Å². The summed E-state index contributed by atoms with van der Waals surface area (Å²) in [7, 11) is 0. The molecule has 0 aliphatic rings. The fraction of sp³-hybridized carbons (Fsp3) is 0.182. The number of hydrogen-bond donors (Lipinski definition) is 1. The Morgan fingerprint density at radius 2 is 1.86 bits per heavy atom. The van der Waals surface area contributed by atoms with Crippen molar-refractivity contribution in [1.29, 1.82) is 0 Å². The van der Waals surface area contributed by atoms with E-state index in [2.05, 4.69) is 41.1 Å². The number of aliphatic imine (C=N–C) groups is 1. The second kappa shape index (κ2) is 8.31. The van der Waals surface area contributed by atoms with Crippen LogP contribution in [-0.4, -0.2) is 29.4 Å². The van der Waals surface area contributed by atoms with Crippen molar-refractivity contribution >= 4 is 30.0 Å². The van der Waals surface area contributed by atoms with Gasteiger partial charge in [0.1, 0.15) is 5.82 Å². The molecule has 0 spiro atoms. The Bertz CT molecular complexity index is 982. The molecule has 5 nitrogen and oxygen atoms in total. The summed E-state index contributed by atoms with van der Waals surface area (Å²) in [5.41, 5.74) is 3.04. The fourth-order valence-corrected chi connectivity index (χ4v) is 2.92. The maximum absolute atomic E-state index is 11.7. The van der Waals surface area contributed by atoms with Crippen LogP contribution < -0.4 is 5.32 Å². The zero-order chi connectivity index (χ0) is 20.1. The molecule has 1 aromatic heterocycles. The summed E-state index contributed by atoms with van der Waals surface area (Å²) in [5, 5.41) is 12.6. The van der Waals surface area contributed by atoms with E-state index >= 15 is 0 Å². The summed E-state index contributed by atoms with van der Waals surface area (Å²) in [6.45, 7) is 8.28. The van der Waals surface area contributed by atoms with Gasteiger partial charge in [0.2, 0.25) is 0 Å². The Balaban J connectivity index is 1.70. The predicted octanol–water partition coefficient (Wildman–Crippen LogP) is 5.03. The zero-order valence-electron chi connectivity index (χ0n) is 15.8. The monoisotopic (exact) mass is 392 g/mol. The van der Waals surface area contributed by atoms with Crippen LogP contribution in [0, 0.1) is 0 Å². The minimum absolute atomic E-state index is 0.0999. The number of amides is 1. The Hall–Kier alpha value is -3.05. The molecular formula is C22H21ClN4O. The predicted molar refractivity (Wildman–Crippen MR) is 114 cm³/mol. The van der Waals surface area contributed by atoms with Crippen molar-refractivity contribution < 1.29 is 4.79 Å². The highest BCUT2D eigenvalue weighted by molar-refractivity contribution is 6.30. The molecule has 0 aliphatic heterocycles. The molecule has 3 aromatic rings. The number of aromatic nitrogens is 2. The van der Waals surface area contributed by atoms with Gasteiger partial charge in [0.25, 0.3) is 5.91 Å². The van der Waals surface area contributed by atoms with Crippen LogP contribution in [0.25, 0.3) is 11.3 Å². The Labute approximate surface area is 169 Å². The molecule has 0 unspecified atom stereocenters. The minimum Gasteiger partial charge on any atom is -0.368 e. The molecule has 0 saturated heterocycles. The Kier molecular flexibility index (Phi) is 5.85. The van der Waals surface area contributed by atoms with Crippen molar-refractivity contribution in [2.75, 3.05) is 11.9 Å². The van der Waals surface area contributed by atoms with Crippen molar-refractivity contribution in [1.82, 2.24) is 10.2 Å². The summed E-state index contributed by atoms with van der Waals surface area (Å²) in [4.78, 5) is 15.1. The van der Waals surface area contributed by atoms with Gasteiger partial charge in [0.05, 0.1) is 5.69 Å². The van der Waals surface area contributed by atoms with Crippen LogP contribution in [0.4, 0.5) is 5.82 Å². The van der Waals surface area contributed by atoms with Crippen LogP contribution in [0.2, 0.25) is 5.02 Å². The first kappa shape index (κ1) is 19.7. The first-order valence-corrected chi connectivity index (χ1v) is 9.22. The van der Waals surface area contributed by atoms with Crippen LogP contribution in [-0.2, 0) is 5.41 Å². The maximum Gasteiger partial charge on any atom is 0.276 e. The molecular weight excluding hydrogens is 372 g/mol. The molecule has 1 N–H and O–H groups in total. The second-order valence-corrected chi connectivity index (χ2v) is 7.53. The third kappa shape index (κ3) is 4.61. The van der Waals surface area contributed by atoms with Crippen LogP contribution in [0.5, 0.6) is 0 Å². The summed E-state index contributed by atoms with van der Waals surface area (Å²) in [6, 6.07) is 18.7. The van der Waals surface area contributed by atoms with E-state index in [0.717, 1.165) is 10.6 Å². The highest BCUT2D eigenvalue weighted by Gasteiger charge is 2.20. The number of nitrogens with one attached hydrogen (secondary N) is 1. The maximum atomic E-state index is 11.7. The molecule has 0 bridgehead atoms. The van der Waals surface area contributed by atoms with Gasteiger partial charge in [0, 0.05) is 28.1 Å². The van der Waals surface area contributed by atoms with E-state index in [4.69, 9.17) is 11.6 Å². The molecule has 2 aromatic carbocycles. The normalized spacial score (nSPS) is 11.1. The molecule has 3 rings (SSSR count). The van der Waals surface area contributed by atoms with Gasteiger partial charge in [-0.25, -0.2) is 4.99 Å². The summed E-state index contributed by atoms with van der Waals surface area (Å²) in [5.74, 6) is 0.323. The van der Waals surface area contributed by atoms with E-state index in [1.54, 1.807) is 18.2 Å². The van der Waals surface area contributed by atoms with E-state index < -0.39 is 0 Å². The number of nitrogens with zero attached hydrogens (tertiary/aromatic N) is 3. The third-order valence-electron chi connectivity index (χ3n) is 4.55. The fourth-order valence-electron chi connectivity index (χ4n) is 2.80. The first-order chi connectivity index (χ1) is 13.4. The summed E-state index contributed by atoms with van der Waals surface area (Å²) in [6.07, 6.45) is 0. The van der Waals surface area contributed by atoms with Crippen LogP contribution >= 0.6 is 11.6 Å². The van der Waals surface area contributed by atoms with E-state index in [0.29, 0.717) is 23.6 Å². The second-order valence-electron chi connectivity index (χ2n) is 7.09. The van der Waals surface area contributed by atoms with Gasteiger partial charge in [-0.15, -0.1) is 10.2 Å². The lowest BCUT2D eigenvalue weighted by atomic mass is 9.84. The first-order valence-electron chi connectivity index (χ1n) is 8.84. The van der Waals surface area contributed by atoms with Gasteiger partial charge in [-0.2, -0.15) is 0 Å². The Morgan fingerprint density at radius 3 is 2.50 bits per heavy atom. The lowest BCUT2D eigenvalue weighted by Gasteiger charge is -2.26. The molecule has 0 aliphatic carbocycles. The highest BCUT2D eigenvalue weighted by Crippen LogP contribution is 2.25. The number of carbonyl (C=O) groups excluding carboxylic acids is 1. The number of rotatable bonds is 6. The van der Waals surface area contributed by atoms with Crippen molar-refractivity contribution in [3.8, 4) is 11.3 Å². The van der Waals surface area contributed by atoms with Crippen molar-refractivity contribution in [2.45, 2.75) is 19.3 Å². The van der Waals surface area contributed by atoms with Gasteiger partial charge in [0.15, 0.2) is 0 Å². The molecule has 6 heteroatoms. The van der Waals surface area contributed by atoms with Crippen LogP contribution in [0.1, 0.15) is 29.8 Å². The van der Waals surface area contributed by atoms with Crippen molar-refractivity contribution in [3.05, 3.63) is 76.8 Å². The Morgan fingerprint density at radius 1 is 1.11 bits per heavy atom. The largest absolute Gasteiger partial charge is 0.368 e. The lowest BCUT2D eigenvalue weighted by Crippen LogP contribution is -2.27. The van der Waals surface area contributed by atoms with Gasteiger partial charge in [-0.1, -0.05) is 49.7 Å². The van der Waals surface area contributed by atoms with Gasteiger partial charge < -0.3 is 5.32 Å². The highest BCUT2D eigenvalue weighted by atomic mass is 35.5. The van der Waals surface area contributed by atoms with E-state index in [-0.39, 0.29) is 11.3 Å². The van der Waals surface area contributed by atoms with Gasteiger partial charge >= 0.3 is 0 Å². The minimum atomic E-state index is -0.363. The number of benzene rings is 2. The van der Waals surface area contributed by atoms with Crippen LogP contribution in [0.3, 0.4) is 0 Å².